The summed E-state index contributed by atoms with van der Waals surface area (Å²) in [5, 5.41) is 2.74. The van der Waals surface area contributed by atoms with Gasteiger partial charge in [0, 0.05) is 16.4 Å². The van der Waals surface area contributed by atoms with Crippen LogP contribution in [0.2, 0.25) is 0 Å². The highest BCUT2D eigenvalue weighted by molar-refractivity contribution is 9.10. The number of nitrogens with one attached hydrogen (secondary N) is 1. The van der Waals surface area contributed by atoms with Crippen molar-refractivity contribution >= 4 is 27.5 Å². The maximum Gasteiger partial charge on any atom is 0.262 e. The number of halogens is 1. The molecule has 0 spiro atoms. The minimum atomic E-state index is -0.211. The van der Waals surface area contributed by atoms with E-state index in [2.05, 4.69) is 26.2 Å². The van der Waals surface area contributed by atoms with Crippen LogP contribution in [0.5, 0.6) is 5.75 Å². The molecule has 5 heteroatoms. The number of hydrogen-bond acceptors (Lipinski definition) is 3. The van der Waals surface area contributed by atoms with Gasteiger partial charge in [-0.3, -0.25) is 9.78 Å². The molecule has 0 saturated heterocycles. The number of amides is 1. The molecule has 0 saturated carbocycles. The van der Waals surface area contributed by atoms with E-state index >= 15 is 0 Å². The van der Waals surface area contributed by atoms with Crippen LogP contribution in [-0.2, 0) is 4.79 Å². The van der Waals surface area contributed by atoms with E-state index in [9.17, 15) is 4.79 Å². The smallest absolute Gasteiger partial charge is 0.262 e. The van der Waals surface area contributed by atoms with Crippen molar-refractivity contribution in [2.45, 2.75) is 0 Å². The molecule has 0 atom stereocenters. The molecule has 0 radical (unpaired) electrons. The van der Waals surface area contributed by atoms with Crippen molar-refractivity contribution in [1.29, 1.82) is 0 Å². The second-order valence-corrected chi connectivity index (χ2v) is 4.45. The van der Waals surface area contributed by atoms with E-state index < -0.39 is 0 Å². The van der Waals surface area contributed by atoms with Crippen LogP contribution < -0.4 is 10.1 Å². The van der Waals surface area contributed by atoms with Crippen molar-refractivity contribution in [1.82, 2.24) is 4.98 Å². The van der Waals surface area contributed by atoms with Crippen LogP contribution >= 0.6 is 15.9 Å². The van der Waals surface area contributed by atoms with E-state index in [1.807, 2.05) is 24.3 Å². The Balaban J connectivity index is 1.86. The molecule has 1 aromatic heterocycles. The quantitative estimate of drug-likeness (QED) is 0.945. The molecule has 0 aliphatic rings. The first-order valence-corrected chi connectivity index (χ1v) is 6.11. The Labute approximate surface area is 113 Å². The van der Waals surface area contributed by atoms with Gasteiger partial charge in [0.1, 0.15) is 5.75 Å². The molecule has 2 rings (SSSR count). The van der Waals surface area contributed by atoms with Crippen molar-refractivity contribution in [3.05, 3.63) is 53.3 Å². The van der Waals surface area contributed by atoms with Crippen molar-refractivity contribution in [3.63, 3.8) is 0 Å². The van der Waals surface area contributed by atoms with E-state index in [4.69, 9.17) is 4.74 Å². The van der Waals surface area contributed by atoms with Gasteiger partial charge in [-0.25, -0.2) is 0 Å². The SMILES string of the molecule is O=C(COc1cccnc1)Nc1cccc(Br)c1. The largest absolute Gasteiger partial charge is 0.482 e. The predicted molar refractivity (Wildman–Crippen MR) is 72.5 cm³/mol. The standard InChI is InChI=1S/C13H11BrN2O2/c14-10-3-1-4-11(7-10)16-13(17)9-18-12-5-2-6-15-8-12/h1-8H,9H2,(H,16,17). The lowest BCUT2D eigenvalue weighted by Gasteiger charge is -2.07. The Hall–Kier alpha value is -1.88. The fourth-order valence-corrected chi connectivity index (χ4v) is 1.74. The summed E-state index contributed by atoms with van der Waals surface area (Å²) in [7, 11) is 0. The average Bonchev–Trinajstić information content (AvgIpc) is 2.38. The number of ether oxygens (including phenoxy) is 1. The molecule has 1 amide bonds. The fraction of sp³-hybridized carbons (Fsp3) is 0.0769. The number of nitrogens with zero attached hydrogens (tertiary/aromatic N) is 1. The number of aromatic nitrogens is 1. The lowest BCUT2D eigenvalue weighted by atomic mass is 10.3. The van der Waals surface area contributed by atoms with E-state index in [1.54, 1.807) is 24.5 Å². The number of hydrogen-bond donors (Lipinski definition) is 1. The zero-order valence-electron chi connectivity index (χ0n) is 9.47. The van der Waals surface area contributed by atoms with Crippen molar-refractivity contribution in [2.24, 2.45) is 0 Å². The highest BCUT2D eigenvalue weighted by atomic mass is 79.9. The number of anilines is 1. The van der Waals surface area contributed by atoms with Crippen LogP contribution in [0.15, 0.2) is 53.3 Å². The van der Waals surface area contributed by atoms with Gasteiger partial charge in [-0.05, 0) is 30.3 Å². The van der Waals surface area contributed by atoms with Gasteiger partial charge in [0.25, 0.3) is 5.91 Å². The van der Waals surface area contributed by atoms with Crippen molar-refractivity contribution in [3.8, 4) is 5.75 Å². The van der Waals surface area contributed by atoms with E-state index in [0.29, 0.717) is 5.75 Å². The molecule has 92 valence electrons. The van der Waals surface area contributed by atoms with Gasteiger partial charge in [0.15, 0.2) is 6.61 Å². The fourth-order valence-electron chi connectivity index (χ4n) is 1.34. The third-order valence-electron chi connectivity index (χ3n) is 2.11. The second kappa shape index (κ2) is 6.16. The highest BCUT2D eigenvalue weighted by Crippen LogP contribution is 2.15. The zero-order valence-corrected chi connectivity index (χ0v) is 11.1. The van der Waals surface area contributed by atoms with Crippen molar-refractivity contribution in [2.75, 3.05) is 11.9 Å². The summed E-state index contributed by atoms with van der Waals surface area (Å²) >= 11 is 3.34. The molecule has 2 aromatic rings. The number of benzene rings is 1. The maximum atomic E-state index is 11.6. The summed E-state index contributed by atoms with van der Waals surface area (Å²) in [6, 6.07) is 10.9. The molecule has 0 aliphatic carbocycles. The number of pyridine rings is 1. The lowest BCUT2D eigenvalue weighted by Crippen LogP contribution is -2.20. The molecule has 1 aromatic carbocycles. The first-order valence-electron chi connectivity index (χ1n) is 5.32. The Morgan fingerprint density at radius 3 is 2.94 bits per heavy atom. The van der Waals surface area contributed by atoms with Crippen LogP contribution in [0.3, 0.4) is 0 Å². The number of carbonyl (C=O) groups excluding carboxylic acids is 1. The van der Waals surface area contributed by atoms with Crippen LogP contribution in [0.4, 0.5) is 5.69 Å². The van der Waals surface area contributed by atoms with E-state index in [0.717, 1.165) is 10.2 Å². The third kappa shape index (κ3) is 3.85. The minimum absolute atomic E-state index is 0.0434. The molecule has 0 fully saturated rings. The minimum Gasteiger partial charge on any atom is -0.482 e. The molecule has 1 N–H and O–H groups in total. The van der Waals surface area contributed by atoms with Gasteiger partial charge in [-0.1, -0.05) is 22.0 Å². The molecule has 1 heterocycles. The van der Waals surface area contributed by atoms with Gasteiger partial charge in [0.05, 0.1) is 6.20 Å². The molecular weight excluding hydrogens is 296 g/mol. The molecule has 18 heavy (non-hydrogen) atoms. The molecule has 0 unspecified atom stereocenters. The Morgan fingerprint density at radius 1 is 1.33 bits per heavy atom. The average molecular weight is 307 g/mol. The second-order valence-electron chi connectivity index (χ2n) is 3.54. The van der Waals surface area contributed by atoms with Crippen LogP contribution in [0.25, 0.3) is 0 Å². The summed E-state index contributed by atoms with van der Waals surface area (Å²) < 4.78 is 6.19. The normalized spacial score (nSPS) is 9.83. The summed E-state index contributed by atoms with van der Waals surface area (Å²) in [5.74, 6) is 0.360. The number of carbonyl (C=O) groups is 1. The number of rotatable bonds is 4. The summed E-state index contributed by atoms with van der Waals surface area (Å²) in [6.07, 6.45) is 3.21. The first-order chi connectivity index (χ1) is 8.74. The Bertz CT molecular complexity index is 532. The van der Waals surface area contributed by atoms with Gasteiger partial charge in [-0.15, -0.1) is 0 Å². The van der Waals surface area contributed by atoms with Gasteiger partial charge >= 0.3 is 0 Å². The van der Waals surface area contributed by atoms with E-state index in [1.165, 1.54) is 0 Å². The third-order valence-corrected chi connectivity index (χ3v) is 2.61. The zero-order chi connectivity index (χ0) is 12.8. The predicted octanol–water partition coefficient (Wildman–Crippen LogP) is 2.86. The highest BCUT2D eigenvalue weighted by Gasteiger charge is 2.03. The summed E-state index contributed by atoms with van der Waals surface area (Å²) in [4.78, 5) is 15.5. The molecular formula is C13H11BrN2O2. The Morgan fingerprint density at radius 2 is 2.22 bits per heavy atom. The first kappa shape index (κ1) is 12.6. The van der Waals surface area contributed by atoms with Crippen LogP contribution in [0.1, 0.15) is 0 Å². The molecule has 0 bridgehead atoms. The van der Waals surface area contributed by atoms with Gasteiger partial charge in [-0.2, -0.15) is 0 Å². The van der Waals surface area contributed by atoms with Crippen LogP contribution in [-0.4, -0.2) is 17.5 Å². The van der Waals surface area contributed by atoms with Gasteiger partial charge in [0.2, 0.25) is 0 Å². The summed E-state index contributed by atoms with van der Waals surface area (Å²) in [5.41, 5.74) is 0.726. The topological polar surface area (TPSA) is 51.2 Å². The Kier molecular flexibility index (Phi) is 4.30. The lowest BCUT2D eigenvalue weighted by molar-refractivity contribution is -0.118. The molecule has 4 nitrogen and oxygen atoms in total. The van der Waals surface area contributed by atoms with Crippen LogP contribution in [0, 0.1) is 0 Å². The van der Waals surface area contributed by atoms with E-state index in [-0.39, 0.29) is 12.5 Å². The maximum absolute atomic E-state index is 11.6. The molecule has 0 aliphatic heterocycles. The van der Waals surface area contributed by atoms with Crippen molar-refractivity contribution < 1.29 is 9.53 Å². The van der Waals surface area contributed by atoms with Gasteiger partial charge < -0.3 is 10.1 Å². The summed E-state index contributed by atoms with van der Waals surface area (Å²) in [6.45, 7) is -0.0434. The monoisotopic (exact) mass is 306 g/mol.